The van der Waals surface area contributed by atoms with Crippen LogP contribution in [0.3, 0.4) is 0 Å². The molecule has 0 rings (SSSR count). The lowest BCUT2D eigenvalue weighted by atomic mass is 10.8. The SMILES string of the molecule is [CH2]C(OCC)P(=O)(O)O. The van der Waals surface area contributed by atoms with Crippen molar-refractivity contribution in [3.8, 4) is 0 Å². The van der Waals surface area contributed by atoms with Crippen LogP contribution in [0.15, 0.2) is 0 Å². The van der Waals surface area contributed by atoms with Gasteiger partial charge in [-0.1, -0.05) is 0 Å². The van der Waals surface area contributed by atoms with Crippen LogP contribution in [0.5, 0.6) is 0 Å². The summed E-state index contributed by atoms with van der Waals surface area (Å²) >= 11 is 0. The molecule has 55 valence electrons. The Balaban J connectivity index is 3.74. The first-order chi connectivity index (χ1) is 3.98. The van der Waals surface area contributed by atoms with Gasteiger partial charge in [0.1, 0.15) is 0 Å². The average molecular weight is 153 g/mol. The molecule has 0 aromatic rings. The summed E-state index contributed by atoms with van der Waals surface area (Å²) in [6.45, 7) is 5.02. The summed E-state index contributed by atoms with van der Waals surface area (Å²) in [7, 11) is -4.11. The van der Waals surface area contributed by atoms with E-state index < -0.39 is 13.4 Å². The lowest BCUT2D eigenvalue weighted by Crippen LogP contribution is -2.07. The van der Waals surface area contributed by atoms with Gasteiger partial charge in [-0.15, -0.1) is 0 Å². The molecule has 0 spiro atoms. The molecule has 1 atom stereocenters. The van der Waals surface area contributed by atoms with E-state index >= 15 is 0 Å². The molecule has 0 aliphatic carbocycles. The molecule has 0 bridgehead atoms. The maximum atomic E-state index is 10.2. The lowest BCUT2D eigenvalue weighted by Gasteiger charge is -2.11. The van der Waals surface area contributed by atoms with Gasteiger partial charge in [0.25, 0.3) is 0 Å². The second-order valence-electron chi connectivity index (χ2n) is 1.50. The van der Waals surface area contributed by atoms with Gasteiger partial charge in [0.2, 0.25) is 0 Å². The van der Waals surface area contributed by atoms with Crippen LogP contribution in [-0.2, 0) is 9.30 Å². The highest BCUT2D eigenvalue weighted by molar-refractivity contribution is 7.52. The van der Waals surface area contributed by atoms with E-state index in [9.17, 15) is 4.57 Å². The Morgan fingerprint density at radius 3 is 2.33 bits per heavy atom. The van der Waals surface area contributed by atoms with Gasteiger partial charge in [0.15, 0.2) is 5.85 Å². The molecule has 0 amide bonds. The molecule has 5 heteroatoms. The monoisotopic (exact) mass is 153 g/mol. The van der Waals surface area contributed by atoms with Gasteiger partial charge in [-0.05, 0) is 13.8 Å². The molecule has 0 saturated carbocycles. The number of ether oxygens (including phenoxy) is 1. The van der Waals surface area contributed by atoms with Crippen molar-refractivity contribution in [2.45, 2.75) is 12.8 Å². The van der Waals surface area contributed by atoms with Gasteiger partial charge >= 0.3 is 7.60 Å². The summed E-state index contributed by atoms with van der Waals surface area (Å²) in [5.74, 6) is -1.22. The van der Waals surface area contributed by atoms with Crippen molar-refractivity contribution < 1.29 is 19.1 Å². The van der Waals surface area contributed by atoms with Gasteiger partial charge in [0.05, 0.1) is 0 Å². The Hall–Kier alpha value is 0.110. The predicted molar refractivity (Wildman–Crippen MR) is 32.8 cm³/mol. The van der Waals surface area contributed by atoms with Crippen molar-refractivity contribution in [2.24, 2.45) is 0 Å². The van der Waals surface area contributed by atoms with E-state index in [0.29, 0.717) is 0 Å². The van der Waals surface area contributed by atoms with Gasteiger partial charge in [-0.25, -0.2) is 0 Å². The largest absolute Gasteiger partial charge is 0.366 e. The molecule has 0 aliphatic heterocycles. The standard InChI is InChI=1S/C4H10O4P/c1-3-8-4(2)9(5,6)7/h4H,2-3H2,1H3,(H2,5,6,7). The van der Waals surface area contributed by atoms with Gasteiger partial charge in [0, 0.05) is 6.61 Å². The van der Waals surface area contributed by atoms with Crippen LogP contribution in [0.25, 0.3) is 0 Å². The molecule has 4 nitrogen and oxygen atoms in total. The minimum atomic E-state index is -4.11. The van der Waals surface area contributed by atoms with E-state index in [0.717, 1.165) is 0 Å². The molecular weight excluding hydrogens is 143 g/mol. The highest BCUT2D eigenvalue weighted by Gasteiger charge is 2.23. The first-order valence-corrected chi connectivity index (χ1v) is 4.16. The van der Waals surface area contributed by atoms with E-state index in [1.807, 2.05) is 0 Å². The molecule has 0 saturated heterocycles. The minimum absolute atomic E-state index is 0.263. The lowest BCUT2D eigenvalue weighted by molar-refractivity contribution is 0.123. The van der Waals surface area contributed by atoms with Crippen molar-refractivity contribution in [1.82, 2.24) is 0 Å². The van der Waals surface area contributed by atoms with Crippen LogP contribution >= 0.6 is 7.60 Å². The number of hydrogen-bond acceptors (Lipinski definition) is 2. The first kappa shape index (κ1) is 9.11. The third-order valence-electron chi connectivity index (χ3n) is 0.734. The maximum Gasteiger partial charge on any atom is 0.354 e. The fourth-order valence-corrected chi connectivity index (χ4v) is 0.633. The Morgan fingerprint density at radius 2 is 2.22 bits per heavy atom. The van der Waals surface area contributed by atoms with E-state index in [1.54, 1.807) is 6.92 Å². The van der Waals surface area contributed by atoms with Crippen molar-refractivity contribution >= 4 is 7.60 Å². The highest BCUT2D eigenvalue weighted by atomic mass is 31.2. The first-order valence-electron chi connectivity index (χ1n) is 2.48. The summed E-state index contributed by atoms with van der Waals surface area (Å²) in [5.41, 5.74) is 0. The minimum Gasteiger partial charge on any atom is -0.366 e. The summed E-state index contributed by atoms with van der Waals surface area (Å²) in [4.78, 5) is 16.7. The molecule has 2 N–H and O–H groups in total. The summed E-state index contributed by atoms with van der Waals surface area (Å²) < 4.78 is 14.8. The zero-order valence-electron chi connectivity index (χ0n) is 5.15. The van der Waals surface area contributed by atoms with Crippen molar-refractivity contribution in [3.05, 3.63) is 6.92 Å². The van der Waals surface area contributed by atoms with Crippen LogP contribution in [0, 0.1) is 6.92 Å². The summed E-state index contributed by atoms with van der Waals surface area (Å²) in [6.07, 6.45) is 0. The van der Waals surface area contributed by atoms with Crippen LogP contribution in [-0.4, -0.2) is 22.2 Å². The van der Waals surface area contributed by atoms with Crippen molar-refractivity contribution in [3.63, 3.8) is 0 Å². The Kier molecular flexibility index (Phi) is 3.36. The van der Waals surface area contributed by atoms with Crippen LogP contribution in [0.4, 0.5) is 0 Å². The zero-order valence-corrected chi connectivity index (χ0v) is 6.04. The molecule has 0 aromatic carbocycles. The normalized spacial score (nSPS) is 15.6. The maximum absolute atomic E-state index is 10.2. The molecule has 9 heavy (non-hydrogen) atoms. The number of rotatable bonds is 3. The Morgan fingerprint density at radius 1 is 1.78 bits per heavy atom. The highest BCUT2D eigenvalue weighted by Crippen LogP contribution is 2.40. The van der Waals surface area contributed by atoms with E-state index in [1.165, 1.54) is 0 Å². The summed E-state index contributed by atoms with van der Waals surface area (Å²) in [5, 5.41) is 0. The smallest absolute Gasteiger partial charge is 0.354 e. The average Bonchev–Trinajstić information content (AvgIpc) is 1.64. The van der Waals surface area contributed by atoms with Gasteiger partial charge in [-0.2, -0.15) is 0 Å². The van der Waals surface area contributed by atoms with Gasteiger partial charge in [-0.3, -0.25) is 4.57 Å². The molecule has 1 unspecified atom stereocenters. The van der Waals surface area contributed by atoms with Crippen LogP contribution in [0.1, 0.15) is 6.92 Å². The van der Waals surface area contributed by atoms with Crippen LogP contribution in [0.2, 0.25) is 0 Å². The second-order valence-corrected chi connectivity index (χ2v) is 3.25. The molecule has 0 fully saturated rings. The quantitative estimate of drug-likeness (QED) is 0.574. The fourth-order valence-electron chi connectivity index (χ4n) is 0.289. The Labute approximate surface area is 54.0 Å². The number of hydrogen-bond donors (Lipinski definition) is 2. The fraction of sp³-hybridized carbons (Fsp3) is 0.750. The predicted octanol–water partition coefficient (Wildman–Crippen LogP) is 0.361. The summed E-state index contributed by atoms with van der Waals surface area (Å²) in [6, 6.07) is 0. The third-order valence-corrected chi connectivity index (χ3v) is 1.63. The zero-order chi connectivity index (χ0) is 7.49. The second kappa shape index (κ2) is 3.32. The molecular formula is C4H10O4P. The topological polar surface area (TPSA) is 66.8 Å². The van der Waals surface area contributed by atoms with Crippen molar-refractivity contribution in [1.29, 1.82) is 0 Å². The van der Waals surface area contributed by atoms with E-state index in [4.69, 9.17) is 9.79 Å². The molecule has 0 heterocycles. The van der Waals surface area contributed by atoms with E-state index in [-0.39, 0.29) is 6.61 Å². The Bertz CT molecular complexity index is 118. The van der Waals surface area contributed by atoms with Gasteiger partial charge < -0.3 is 14.5 Å². The van der Waals surface area contributed by atoms with Crippen LogP contribution < -0.4 is 0 Å². The molecule has 1 radical (unpaired) electrons. The third kappa shape index (κ3) is 3.65. The van der Waals surface area contributed by atoms with Crippen molar-refractivity contribution in [2.75, 3.05) is 6.61 Å². The molecule has 0 aromatic heterocycles. The van der Waals surface area contributed by atoms with E-state index in [2.05, 4.69) is 11.7 Å². The molecule has 0 aliphatic rings.